The maximum Gasteiger partial charge on any atom is 0.0410 e. The van der Waals surface area contributed by atoms with Gasteiger partial charge in [0, 0.05) is 37.7 Å². The van der Waals surface area contributed by atoms with Crippen molar-refractivity contribution in [2.75, 3.05) is 6.61 Å². The molecule has 0 spiro atoms. The maximum absolute atomic E-state index is 8.36. The van der Waals surface area contributed by atoms with Crippen molar-refractivity contribution in [2.45, 2.75) is 13.0 Å². The normalized spacial score (nSPS) is 12.4. The summed E-state index contributed by atoms with van der Waals surface area (Å²) < 4.78 is 0. The fourth-order valence-corrected chi connectivity index (χ4v) is 0.105. The number of hydrogen-bond acceptors (Lipinski definition) is 2. The second-order valence-electron chi connectivity index (χ2n) is 1.08. The van der Waals surface area contributed by atoms with Crippen molar-refractivity contribution in [3.8, 4) is 0 Å². The third-order valence-corrected chi connectivity index (χ3v) is 0.572. The second kappa shape index (κ2) is 6.97. The van der Waals surface area contributed by atoms with Gasteiger partial charge >= 0.3 is 0 Å². The summed E-state index contributed by atoms with van der Waals surface area (Å²) in [5.41, 5.74) is 0. The Labute approximate surface area is 67.3 Å². The van der Waals surface area contributed by atoms with E-state index in [0.717, 1.165) is 0 Å². The van der Waals surface area contributed by atoms with Crippen LogP contribution in [0.25, 0.3) is 0 Å². The van der Waals surface area contributed by atoms with Gasteiger partial charge in [-0.15, -0.1) is 0 Å². The van der Waals surface area contributed by atoms with E-state index in [1.165, 1.54) is 6.42 Å². The molecule has 0 heterocycles. The van der Waals surface area contributed by atoms with Crippen LogP contribution in [-0.2, 0) is 0 Å². The van der Waals surface area contributed by atoms with Gasteiger partial charge < -0.3 is 16.6 Å². The summed E-state index contributed by atoms with van der Waals surface area (Å²) in [6, 6.07) is 0. The molecule has 0 amide bonds. The number of hydrogen-bond donors (Lipinski definition) is 2. The zero-order valence-electron chi connectivity index (χ0n) is 4.26. The van der Waals surface area contributed by atoms with Gasteiger partial charge in [0.25, 0.3) is 0 Å². The maximum atomic E-state index is 8.36. The van der Waals surface area contributed by atoms with Crippen molar-refractivity contribution in [3.63, 3.8) is 0 Å². The first-order chi connectivity index (χ1) is 2.81. The van der Waals surface area contributed by atoms with Gasteiger partial charge in [-0.1, -0.05) is 0 Å². The molecule has 0 aliphatic rings. The van der Waals surface area contributed by atoms with E-state index in [1.54, 1.807) is 6.92 Å². The molecule has 0 aromatic heterocycles. The van der Waals surface area contributed by atoms with Crippen LogP contribution in [0.4, 0.5) is 0 Å². The Morgan fingerprint density at radius 1 is 1.71 bits per heavy atom. The van der Waals surface area contributed by atoms with Gasteiger partial charge in [-0.05, 0) is 6.10 Å². The molecule has 0 aliphatic carbocycles. The molecule has 1 atom stereocenters. The van der Waals surface area contributed by atoms with Gasteiger partial charge in [0.1, 0.15) is 0 Å². The Morgan fingerprint density at radius 3 is 2.14 bits per heavy atom. The SMILES string of the molecule is C[CH-]C(O)CO.[U]. The van der Waals surface area contributed by atoms with Crippen molar-refractivity contribution in [2.24, 2.45) is 0 Å². The van der Waals surface area contributed by atoms with E-state index >= 15 is 0 Å². The van der Waals surface area contributed by atoms with Crippen LogP contribution >= 0.6 is 0 Å². The third-order valence-electron chi connectivity index (χ3n) is 0.572. The molecule has 1 unspecified atom stereocenters. The molecule has 0 rings (SSSR count). The monoisotopic (exact) mass is 327 g/mol. The summed E-state index contributed by atoms with van der Waals surface area (Å²) in [6.45, 7) is 1.53. The number of rotatable bonds is 2. The number of aliphatic hydroxyl groups excluding tert-OH is 2. The van der Waals surface area contributed by atoms with Gasteiger partial charge in [0.15, 0.2) is 0 Å². The Kier molecular flexibility index (Phi) is 10.8. The minimum absolute atomic E-state index is 0. The average molecular weight is 327 g/mol. The van der Waals surface area contributed by atoms with Gasteiger partial charge in [0.2, 0.25) is 0 Å². The zero-order chi connectivity index (χ0) is 4.99. The van der Waals surface area contributed by atoms with Crippen LogP contribution < -0.4 is 0 Å². The zero-order valence-corrected chi connectivity index (χ0v) is 8.42. The summed E-state index contributed by atoms with van der Waals surface area (Å²) in [4.78, 5) is 0. The van der Waals surface area contributed by atoms with Gasteiger partial charge in [-0.25, -0.2) is 0 Å². The van der Waals surface area contributed by atoms with Gasteiger partial charge in [-0.2, -0.15) is 6.92 Å². The topological polar surface area (TPSA) is 40.5 Å². The first kappa shape index (κ1) is 10.9. The molecule has 0 bridgehead atoms. The van der Waals surface area contributed by atoms with Crippen molar-refractivity contribution in [1.29, 1.82) is 0 Å². The summed E-state index contributed by atoms with van der Waals surface area (Å²) in [6.07, 6.45) is 0.894. The molecule has 0 aromatic rings. The molecular weight excluding hydrogens is 318 g/mol. The summed E-state index contributed by atoms with van der Waals surface area (Å²) >= 11 is 0. The standard InChI is InChI=1S/C4H9O2.U/c1-2-4(6)3-5;/h2,4-6H,3H2,1H3;/q-1;. The van der Waals surface area contributed by atoms with Crippen molar-refractivity contribution >= 4 is 0 Å². The molecule has 0 aromatic carbocycles. The molecule has 42 valence electrons. The summed E-state index contributed by atoms with van der Waals surface area (Å²) in [5, 5.41) is 16.4. The largest absolute Gasteiger partial charge is 0.423 e. The van der Waals surface area contributed by atoms with Crippen LogP contribution in [0.1, 0.15) is 6.92 Å². The Hall–Kier alpha value is 0.972. The number of aliphatic hydroxyl groups is 2. The molecule has 7 heavy (non-hydrogen) atoms. The minimum Gasteiger partial charge on any atom is -0.423 e. The summed E-state index contributed by atoms with van der Waals surface area (Å²) in [5.74, 6) is 0. The smallest absolute Gasteiger partial charge is 0.0410 e. The molecule has 3 heteroatoms. The Balaban J connectivity index is 0. The van der Waals surface area contributed by atoms with Crippen LogP contribution in [0, 0.1) is 37.5 Å². The Morgan fingerprint density at radius 2 is 2.14 bits per heavy atom. The molecule has 0 radical (unpaired) electrons. The fourth-order valence-electron chi connectivity index (χ4n) is 0.105. The molecule has 0 aliphatic heterocycles. The first-order valence-corrected chi connectivity index (χ1v) is 1.89. The fraction of sp³-hybridized carbons (Fsp3) is 0.750. The first-order valence-electron chi connectivity index (χ1n) is 1.89. The second-order valence-corrected chi connectivity index (χ2v) is 1.08. The van der Waals surface area contributed by atoms with Crippen LogP contribution in [-0.4, -0.2) is 22.9 Å². The van der Waals surface area contributed by atoms with Crippen LogP contribution in [0.15, 0.2) is 0 Å². The minimum atomic E-state index is -0.634. The van der Waals surface area contributed by atoms with Crippen LogP contribution in [0.3, 0.4) is 0 Å². The van der Waals surface area contributed by atoms with Crippen LogP contribution in [0.5, 0.6) is 0 Å². The van der Waals surface area contributed by atoms with Crippen molar-refractivity contribution in [3.05, 3.63) is 6.42 Å². The van der Waals surface area contributed by atoms with E-state index in [0.29, 0.717) is 0 Å². The molecule has 0 saturated heterocycles. The predicted octanol–water partition coefficient (Wildman–Crippen LogP) is -0.436. The average Bonchev–Trinajstić information content (AvgIpc) is 1.65. The van der Waals surface area contributed by atoms with E-state index in [9.17, 15) is 0 Å². The van der Waals surface area contributed by atoms with Crippen LogP contribution in [0.2, 0.25) is 0 Å². The molecular formula is C4H9O2U-. The van der Waals surface area contributed by atoms with E-state index in [1.807, 2.05) is 0 Å². The molecule has 2 nitrogen and oxygen atoms in total. The Bertz CT molecular complexity index is 28.9. The quantitative estimate of drug-likeness (QED) is 0.676. The molecule has 0 saturated carbocycles. The van der Waals surface area contributed by atoms with Gasteiger partial charge in [-0.3, -0.25) is 0 Å². The van der Waals surface area contributed by atoms with Gasteiger partial charge in [0.05, 0.1) is 0 Å². The van der Waals surface area contributed by atoms with E-state index < -0.39 is 6.10 Å². The van der Waals surface area contributed by atoms with E-state index in [4.69, 9.17) is 10.2 Å². The summed E-state index contributed by atoms with van der Waals surface area (Å²) in [7, 11) is 0. The predicted molar refractivity (Wildman–Crippen MR) is 23.1 cm³/mol. The third kappa shape index (κ3) is 6.97. The van der Waals surface area contributed by atoms with E-state index in [-0.39, 0.29) is 37.7 Å². The van der Waals surface area contributed by atoms with Crippen molar-refractivity contribution < 1.29 is 41.3 Å². The molecule has 0 fully saturated rings. The van der Waals surface area contributed by atoms with Crippen molar-refractivity contribution in [1.82, 2.24) is 0 Å². The molecule has 2 N–H and O–H groups in total. The van der Waals surface area contributed by atoms with E-state index in [2.05, 4.69) is 0 Å².